The fraction of sp³-hybridized carbons (Fsp3) is 0.650. The largest absolute Gasteiger partial charge is 0.493 e. The lowest BCUT2D eigenvalue weighted by molar-refractivity contribution is 0.0888. The normalized spacial score (nSPS) is 17.1. The molecule has 2 N–H and O–H groups in total. The van der Waals surface area contributed by atoms with E-state index in [0.717, 1.165) is 69.6 Å². The summed E-state index contributed by atoms with van der Waals surface area (Å²) in [4.78, 5) is 4.26. The lowest BCUT2D eigenvalue weighted by Crippen LogP contribution is -2.32. The Bertz CT molecular complexity index is 548. The van der Waals surface area contributed by atoms with Crippen molar-refractivity contribution < 1.29 is 18.9 Å². The molecule has 0 saturated carbocycles. The molecule has 1 heterocycles. The van der Waals surface area contributed by atoms with Gasteiger partial charge < -0.3 is 29.6 Å². The van der Waals surface area contributed by atoms with Gasteiger partial charge in [-0.15, -0.1) is 0 Å². The fourth-order valence-corrected chi connectivity index (χ4v) is 2.72. The Balaban J connectivity index is 1.62. The van der Waals surface area contributed by atoms with Crippen molar-refractivity contribution in [3.05, 3.63) is 24.3 Å². The van der Waals surface area contributed by atoms with Crippen molar-refractivity contribution >= 4 is 11.6 Å². The third kappa shape index (κ3) is 9.08. The average molecular weight is 380 g/mol. The Hall–Kier alpha value is -1.83. The van der Waals surface area contributed by atoms with Crippen LogP contribution in [-0.2, 0) is 14.2 Å². The highest BCUT2D eigenvalue weighted by atomic mass is 16.5. The standard InChI is InChI=1S/C20H33N3O4/c1-21-20(22-9-4-11-25-15-17-8-13-26-16-17)23-18-6-3-7-19(14-18)27-12-5-10-24-2/h3,6-7,14,17H,4-5,8-13,15-16H2,1-2H3,(H2,21,22,23). The van der Waals surface area contributed by atoms with Crippen LogP contribution in [0.1, 0.15) is 19.3 Å². The van der Waals surface area contributed by atoms with E-state index < -0.39 is 0 Å². The van der Waals surface area contributed by atoms with Crippen molar-refractivity contribution in [3.8, 4) is 5.75 Å². The van der Waals surface area contributed by atoms with Crippen molar-refractivity contribution in [1.82, 2.24) is 5.32 Å². The molecule has 0 amide bonds. The van der Waals surface area contributed by atoms with E-state index in [9.17, 15) is 0 Å². The van der Waals surface area contributed by atoms with Crippen LogP contribution in [-0.4, -0.2) is 66.3 Å². The first-order valence-corrected chi connectivity index (χ1v) is 9.66. The summed E-state index contributed by atoms with van der Waals surface area (Å²) >= 11 is 0. The molecule has 0 aromatic heterocycles. The molecular weight excluding hydrogens is 346 g/mol. The van der Waals surface area contributed by atoms with Gasteiger partial charge in [-0.3, -0.25) is 4.99 Å². The van der Waals surface area contributed by atoms with Crippen LogP contribution < -0.4 is 15.4 Å². The molecule has 7 heteroatoms. The van der Waals surface area contributed by atoms with Crippen molar-refractivity contribution in [3.63, 3.8) is 0 Å². The molecule has 27 heavy (non-hydrogen) atoms. The molecule has 0 bridgehead atoms. The van der Waals surface area contributed by atoms with Crippen LogP contribution in [0.25, 0.3) is 0 Å². The Morgan fingerprint density at radius 2 is 2.19 bits per heavy atom. The van der Waals surface area contributed by atoms with E-state index in [0.29, 0.717) is 19.1 Å². The minimum atomic E-state index is 0.566. The van der Waals surface area contributed by atoms with Gasteiger partial charge in [0.2, 0.25) is 0 Å². The molecule has 1 atom stereocenters. The molecule has 1 aromatic rings. The molecule has 0 radical (unpaired) electrons. The SMILES string of the molecule is CN=C(NCCCOCC1CCOC1)Nc1cccc(OCCCOC)c1. The van der Waals surface area contributed by atoms with E-state index in [-0.39, 0.29) is 0 Å². The van der Waals surface area contributed by atoms with Crippen LogP contribution in [0.3, 0.4) is 0 Å². The maximum atomic E-state index is 5.73. The lowest BCUT2D eigenvalue weighted by Gasteiger charge is -2.13. The van der Waals surface area contributed by atoms with Gasteiger partial charge in [-0.2, -0.15) is 0 Å². The zero-order valence-corrected chi connectivity index (χ0v) is 16.5. The highest BCUT2D eigenvalue weighted by molar-refractivity contribution is 5.93. The summed E-state index contributed by atoms with van der Waals surface area (Å²) in [5.41, 5.74) is 0.935. The predicted octanol–water partition coefficient (Wildman–Crippen LogP) is 2.53. The van der Waals surface area contributed by atoms with Crippen LogP contribution in [0.2, 0.25) is 0 Å². The van der Waals surface area contributed by atoms with Crippen LogP contribution in [0.15, 0.2) is 29.3 Å². The van der Waals surface area contributed by atoms with Gasteiger partial charge in [0.15, 0.2) is 5.96 Å². The van der Waals surface area contributed by atoms with Gasteiger partial charge >= 0.3 is 0 Å². The lowest BCUT2D eigenvalue weighted by atomic mass is 10.1. The molecule has 1 aliphatic heterocycles. The summed E-state index contributed by atoms with van der Waals surface area (Å²) in [5.74, 6) is 2.13. The zero-order chi connectivity index (χ0) is 19.2. The molecule has 1 fully saturated rings. The minimum absolute atomic E-state index is 0.566. The van der Waals surface area contributed by atoms with E-state index in [1.165, 1.54) is 0 Å². The molecule has 1 unspecified atom stereocenters. The maximum Gasteiger partial charge on any atom is 0.195 e. The predicted molar refractivity (Wildman–Crippen MR) is 108 cm³/mol. The quantitative estimate of drug-likeness (QED) is 0.330. The first kappa shape index (κ1) is 21.5. The van der Waals surface area contributed by atoms with Gasteiger partial charge in [0.05, 0.1) is 19.8 Å². The van der Waals surface area contributed by atoms with Crippen molar-refractivity contribution in [2.24, 2.45) is 10.9 Å². The summed E-state index contributed by atoms with van der Waals surface area (Å²) in [5, 5.41) is 6.59. The van der Waals surface area contributed by atoms with Gasteiger partial charge in [-0.1, -0.05) is 6.07 Å². The molecule has 152 valence electrons. The molecule has 0 spiro atoms. The number of ether oxygens (including phenoxy) is 4. The van der Waals surface area contributed by atoms with Gasteiger partial charge in [0.1, 0.15) is 5.75 Å². The summed E-state index contributed by atoms with van der Waals surface area (Å²) < 4.78 is 21.8. The number of hydrogen-bond donors (Lipinski definition) is 2. The second-order valence-electron chi connectivity index (χ2n) is 6.50. The second-order valence-corrected chi connectivity index (χ2v) is 6.50. The van der Waals surface area contributed by atoms with Crippen molar-refractivity contribution in [2.75, 3.05) is 65.7 Å². The number of rotatable bonds is 12. The number of nitrogens with zero attached hydrogens (tertiary/aromatic N) is 1. The molecule has 0 aliphatic carbocycles. The third-order valence-corrected chi connectivity index (χ3v) is 4.22. The summed E-state index contributed by atoms with van der Waals surface area (Å²) in [6, 6.07) is 7.86. The first-order valence-electron chi connectivity index (χ1n) is 9.66. The van der Waals surface area contributed by atoms with Crippen molar-refractivity contribution in [2.45, 2.75) is 19.3 Å². The topological polar surface area (TPSA) is 73.3 Å². The Morgan fingerprint density at radius 1 is 1.26 bits per heavy atom. The minimum Gasteiger partial charge on any atom is -0.493 e. The van der Waals surface area contributed by atoms with Crippen LogP contribution >= 0.6 is 0 Å². The fourth-order valence-electron chi connectivity index (χ4n) is 2.72. The monoisotopic (exact) mass is 379 g/mol. The smallest absolute Gasteiger partial charge is 0.195 e. The Kier molecular flexibility index (Phi) is 10.6. The number of aliphatic imine (C=N–C) groups is 1. The summed E-state index contributed by atoms with van der Waals surface area (Å²) in [7, 11) is 3.46. The van der Waals surface area contributed by atoms with Gasteiger partial charge in [-0.05, 0) is 25.0 Å². The maximum absolute atomic E-state index is 5.73. The third-order valence-electron chi connectivity index (χ3n) is 4.22. The van der Waals surface area contributed by atoms with Crippen LogP contribution in [0.4, 0.5) is 5.69 Å². The molecule has 7 nitrogen and oxygen atoms in total. The number of anilines is 1. The first-order chi connectivity index (χ1) is 13.3. The number of nitrogens with one attached hydrogen (secondary N) is 2. The van der Waals surface area contributed by atoms with Crippen molar-refractivity contribution in [1.29, 1.82) is 0 Å². The number of benzene rings is 1. The highest BCUT2D eigenvalue weighted by Gasteiger charge is 2.15. The second kappa shape index (κ2) is 13.4. The number of methoxy groups -OCH3 is 1. The van der Waals surface area contributed by atoms with E-state index in [1.54, 1.807) is 14.2 Å². The number of hydrogen-bond acceptors (Lipinski definition) is 5. The molecule has 2 rings (SSSR count). The van der Waals surface area contributed by atoms with E-state index in [1.807, 2.05) is 24.3 Å². The molecule has 1 aromatic carbocycles. The molecule has 1 saturated heterocycles. The summed E-state index contributed by atoms with van der Waals surface area (Å²) in [6.07, 6.45) is 2.91. The van der Waals surface area contributed by atoms with E-state index >= 15 is 0 Å². The van der Waals surface area contributed by atoms with E-state index in [4.69, 9.17) is 18.9 Å². The highest BCUT2D eigenvalue weighted by Crippen LogP contribution is 2.17. The Morgan fingerprint density at radius 3 is 2.96 bits per heavy atom. The average Bonchev–Trinajstić information content (AvgIpc) is 3.21. The van der Waals surface area contributed by atoms with Crippen LogP contribution in [0, 0.1) is 5.92 Å². The summed E-state index contributed by atoms with van der Waals surface area (Å²) in [6.45, 7) is 5.38. The number of guanidine groups is 1. The van der Waals surface area contributed by atoms with Crippen LogP contribution in [0.5, 0.6) is 5.75 Å². The van der Waals surface area contributed by atoms with Gasteiger partial charge in [-0.25, -0.2) is 0 Å². The molecular formula is C20H33N3O4. The Labute approximate surface area is 162 Å². The molecule has 1 aliphatic rings. The zero-order valence-electron chi connectivity index (χ0n) is 16.5. The van der Waals surface area contributed by atoms with Gasteiger partial charge in [0, 0.05) is 64.6 Å². The van der Waals surface area contributed by atoms with E-state index in [2.05, 4.69) is 15.6 Å². The van der Waals surface area contributed by atoms with Gasteiger partial charge in [0.25, 0.3) is 0 Å².